The number of rotatable bonds is 5. The van der Waals surface area contributed by atoms with Crippen molar-refractivity contribution in [3.05, 3.63) is 30.3 Å². The standard InChI is InChI=1S/C14H23P/c1-5-12(3)15(13(4)6-2)14-10-8-7-9-11-14/h7-13H,5-6H2,1-4H3. The second-order valence-corrected chi connectivity index (χ2v) is 7.35. The zero-order chi connectivity index (χ0) is 11.3. The zero-order valence-corrected chi connectivity index (χ0v) is 11.3. The first-order valence-electron chi connectivity index (χ1n) is 6.04. The molecule has 0 heterocycles. The van der Waals surface area contributed by atoms with Crippen LogP contribution in [-0.2, 0) is 0 Å². The Hall–Kier alpha value is -0.350. The predicted octanol–water partition coefficient (Wildman–Crippen LogP) is 4.39. The molecule has 0 fully saturated rings. The molecule has 0 N–H and O–H groups in total. The van der Waals surface area contributed by atoms with E-state index in [0.717, 1.165) is 11.3 Å². The highest BCUT2D eigenvalue weighted by atomic mass is 31.1. The average Bonchev–Trinajstić information content (AvgIpc) is 2.30. The van der Waals surface area contributed by atoms with E-state index in [1.807, 2.05) is 0 Å². The minimum Gasteiger partial charge on any atom is -0.0695 e. The van der Waals surface area contributed by atoms with E-state index in [-0.39, 0.29) is 7.92 Å². The van der Waals surface area contributed by atoms with Crippen LogP contribution in [0.1, 0.15) is 40.5 Å². The summed E-state index contributed by atoms with van der Waals surface area (Å²) in [5, 5.41) is 1.58. The molecule has 0 aromatic heterocycles. The fourth-order valence-corrected chi connectivity index (χ4v) is 5.13. The van der Waals surface area contributed by atoms with Crippen molar-refractivity contribution in [3.63, 3.8) is 0 Å². The number of benzene rings is 1. The largest absolute Gasteiger partial charge is 0.0695 e. The number of hydrogen-bond donors (Lipinski definition) is 0. The first-order valence-corrected chi connectivity index (χ1v) is 7.52. The molecule has 0 amide bonds. The van der Waals surface area contributed by atoms with Crippen LogP contribution in [0, 0.1) is 0 Å². The van der Waals surface area contributed by atoms with Crippen LogP contribution in [0.2, 0.25) is 0 Å². The van der Waals surface area contributed by atoms with E-state index in [9.17, 15) is 0 Å². The lowest BCUT2D eigenvalue weighted by Crippen LogP contribution is -2.17. The quantitative estimate of drug-likeness (QED) is 0.648. The van der Waals surface area contributed by atoms with Gasteiger partial charge in [0.05, 0.1) is 0 Å². The topological polar surface area (TPSA) is 0 Å². The van der Waals surface area contributed by atoms with Gasteiger partial charge in [-0.3, -0.25) is 0 Å². The molecule has 0 aliphatic rings. The van der Waals surface area contributed by atoms with Gasteiger partial charge in [-0.2, -0.15) is 0 Å². The zero-order valence-electron chi connectivity index (χ0n) is 10.4. The molecule has 0 nitrogen and oxygen atoms in total. The summed E-state index contributed by atoms with van der Waals surface area (Å²) in [6, 6.07) is 11.1. The smallest absolute Gasteiger partial charge is 0.0198 e. The SMILES string of the molecule is CCC(C)P(c1ccccc1)C(C)CC. The Morgan fingerprint density at radius 2 is 1.40 bits per heavy atom. The molecule has 15 heavy (non-hydrogen) atoms. The minimum absolute atomic E-state index is 0.0216. The third-order valence-electron chi connectivity index (χ3n) is 3.19. The average molecular weight is 222 g/mol. The molecule has 0 saturated heterocycles. The lowest BCUT2D eigenvalue weighted by Gasteiger charge is -2.29. The van der Waals surface area contributed by atoms with Gasteiger partial charge in [-0.25, -0.2) is 0 Å². The Labute approximate surface area is 95.9 Å². The van der Waals surface area contributed by atoms with Gasteiger partial charge in [0.2, 0.25) is 0 Å². The third kappa shape index (κ3) is 3.31. The van der Waals surface area contributed by atoms with Gasteiger partial charge in [-0.05, 0) is 29.5 Å². The summed E-state index contributed by atoms with van der Waals surface area (Å²) in [5.41, 5.74) is 1.69. The Morgan fingerprint density at radius 3 is 1.80 bits per heavy atom. The van der Waals surface area contributed by atoms with Crippen LogP contribution in [0.25, 0.3) is 0 Å². The van der Waals surface area contributed by atoms with Crippen LogP contribution in [0.3, 0.4) is 0 Å². The molecule has 2 atom stereocenters. The molecule has 0 radical (unpaired) electrons. The Morgan fingerprint density at radius 1 is 0.933 bits per heavy atom. The van der Waals surface area contributed by atoms with Crippen LogP contribution >= 0.6 is 7.92 Å². The van der Waals surface area contributed by atoms with Crippen LogP contribution < -0.4 is 5.30 Å². The van der Waals surface area contributed by atoms with Gasteiger partial charge >= 0.3 is 0 Å². The van der Waals surface area contributed by atoms with Crippen molar-refractivity contribution in [2.45, 2.75) is 51.9 Å². The molecular formula is C14H23P. The maximum Gasteiger partial charge on any atom is -0.0198 e. The Bertz CT molecular complexity index is 258. The highest BCUT2D eigenvalue weighted by Gasteiger charge is 2.22. The normalized spacial score (nSPS) is 17.1. The van der Waals surface area contributed by atoms with E-state index in [2.05, 4.69) is 58.0 Å². The first kappa shape index (κ1) is 12.7. The monoisotopic (exact) mass is 222 g/mol. The molecule has 2 unspecified atom stereocenters. The summed E-state index contributed by atoms with van der Waals surface area (Å²) >= 11 is 0. The Balaban J connectivity index is 2.91. The van der Waals surface area contributed by atoms with Crippen LogP contribution in [0.15, 0.2) is 30.3 Å². The van der Waals surface area contributed by atoms with Gasteiger partial charge in [0, 0.05) is 0 Å². The van der Waals surface area contributed by atoms with Crippen molar-refractivity contribution in [2.24, 2.45) is 0 Å². The molecule has 0 saturated carbocycles. The van der Waals surface area contributed by atoms with Crippen LogP contribution in [-0.4, -0.2) is 11.3 Å². The molecule has 1 heteroatoms. The minimum atomic E-state index is 0.0216. The fourth-order valence-electron chi connectivity index (χ4n) is 1.94. The van der Waals surface area contributed by atoms with Crippen LogP contribution in [0.4, 0.5) is 0 Å². The summed E-state index contributed by atoms with van der Waals surface area (Å²) in [5.74, 6) is 0. The molecule has 1 aromatic rings. The highest BCUT2D eigenvalue weighted by Crippen LogP contribution is 2.47. The van der Waals surface area contributed by atoms with Crippen molar-refractivity contribution in [1.82, 2.24) is 0 Å². The summed E-state index contributed by atoms with van der Waals surface area (Å²) < 4.78 is 0. The maximum atomic E-state index is 2.41. The third-order valence-corrected chi connectivity index (χ3v) is 6.71. The maximum absolute atomic E-state index is 2.41. The van der Waals surface area contributed by atoms with Crippen molar-refractivity contribution >= 4 is 13.2 Å². The predicted molar refractivity (Wildman–Crippen MR) is 72.5 cm³/mol. The van der Waals surface area contributed by atoms with Gasteiger partial charge in [0.25, 0.3) is 0 Å². The second-order valence-electron chi connectivity index (χ2n) is 4.26. The molecule has 0 bridgehead atoms. The van der Waals surface area contributed by atoms with Gasteiger partial charge in [-0.15, -0.1) is 0 Å². The van der Waals surface area contributed by atoms with Gasteiger partial charge in [0.1, 0.15) is 0 Å². The van der Waals surface area contributed by atoms with Gasteiger partial charge in [-0.1, -0.05) is 65.9 Å². The van der Waals surface area contributed by atoms with Crippen molar-refractivity contribution in [1.29, 1.82) is 0 Å². The van der Waals surface area contributed by atoms with E-state index in [1.165, 1.54) is 12.8 Å². The van der Waals surface area contributed by atoms with E-state index in [0.29, 0.717) is 0 Å². The summed E-state index contributed by atoms with van der Waals surface area (Å²) in [6.07, 6.45) is 2.59. The molecule has 0 spiro atoms. The highest BCUT2D eigenvalue weighted by molar-refractivity contribution is 7.66. The van der Waals surface area contributed by atoms with Crippen LogP contribution in [0.5, 0.6) is 0 Å². The van der Waals surface area contributed by atoms with Crippen molar-refractivity contribution < 1.29 is 0 Å². The number of hydrogen-bond acceptors (Lipinski definition) is 0. The van der Waals surface area contributed by atoms with Crippen molar-refractivity contribution in [3.8, 4) is 0 Å². The van der Waals surface area contributed by atoms with E-state index >= 15 is 0 Å². The summed E-state index contributed by atoms with van der Waals surface area (Å²) in [7, 11) is 0.0216. The second kappa shape index (κ2) is 6.28. The van der Waals surface area contributed by atoms with Crippen molar-refractivity contribution in [2.75, 3.05) is 0 Å². The molecule has 1 aromatic carbocycles. The Kier molecular flexibility index (Phi) is 5.32. The lowest BCUT2D eigenvalue weighted by molar-refractivity contribution is 0.840. The molecule has 1 rings (SSSR count). The van der Waals surface area contributed by atoms with E-state index < -0.39 is 0 Å². The molecule has 0 aliphatic heterocycles. The van der Waals surface area contributed by atoms with E-state index in [4.69, 9.17) is 0 Å². The molecule has 0 aliphatic carbocycles. The molecule has 84 valence electrons. The summed E-state index contributed by atoms with van der Waals surface area (Å²) in [6.45, 7) is 9.44. The lowest BCUT2D eigenvalue weighted by atomic mass is 10.3. The summed E-state index contributed by atoms with van der Waals surface area (Å²) in [4.78, 5) is 0. The molecular weight excluding hydrogens is 199 g/mol. The van der Waals surface area contributed by atoms with E-state index in [1.54, 1.807) is 5.30 Å². The first-order chi connectivity index (χ1) is 7.20. The van der Waals surface area contributed by atoms with Gasteiger partial charge < -0.3 is 0 Å². The fraction of sp³-hybridized carbons (Fsp3) is 0.571. The van der Waals surface area contributed by atoms with Gasteiger partial charge in [0.15, 0.2) is 0 Å².